The van der Waals surface area contributed by atoms with Gasteiger partial charge in [0.1, 0.15) is 6.61 Å². The molecule has 0 aromatic heterocycles. The first-order chi connectivity index (χ1) is 8.27. The third-order valence-corrected chi connectivity index (χ3v) is 4.37. The van der Waals surface area contributed by atoms with Crippen LogP contribution in [0.5, 0.6) is 0 Å². The number of hydrogen-bond acceptors (Lipinski definition) is 3. The fraction of sp³-hybridized carbons (Fsp3) is 0.923. The molecule has 4 nitrogen and oxygen atoms in total. The molecule has 1 aliphatic heterocycles. The van der Waals surface area contributed by atoms with Crippen molar-refractivity contribution in [3.8, 4) is 0 Å². The van der Waals surface area contributed by atoms with E-state index in [2.05, 4.69) is 10.6 Å². The van der Waals surface area contributed by atoms with Gasteiger partial charge < -0.3 is 15.4 Å². The lowest BCUT2D eigenvalue weighted by Crippen LogP contribution is -2.54. The summed E-state index contributed by atoms with van der Waals surface area (Å²) in [7, 11) is 1.57. The predicted molar refractivity (Wildman–Crippen MR) is 66.8 cm³/mol. The van der Waals surface area contributed by atoms with Crippen molar-refractivity contribution >= 4 is 5.91 Å². The molecule has 2 aliphatic rings. The first kappa shape index (κ1) is 12.8. The summed E-state index contributed by atoms with van der Waals surface area (Å²) in [4.78, 5) is 11.7. The van der Waals surface area contributed by atoms with Crippen LogP contribution in [0.25, 0.3) is 0 Å². The fourth-order valence-corrected chi connectivity index (χ4v) is 3.42. The Balaban J connectivity index is 1.98. The van der Waals surface area contributed by atoms with E-state index in [1.807, 2.05) is 0 Å². The average molecular weight is 240 g/mol. The van der Waals surface area contributed by atoms with Crippen LogP contribution in [-0.4, -0.2) is 38.8 Å². The number of piperidine rings is 1. The summed E-state index contributed by atoms with van der Waals surface area (Å²) in [5, 5.41) is 6.61. The number of carbonyl (C=O) groups excluding carboxylic acids is 1. The van der Waals surface area contributed by atoms with Gasteiger partial charge in [0.25, 0.3) is 0 Å². The number of carbonyl (C=O) groups is 1. The van der Waals surface area contributed by atoms with Gasteiger partial charge in [-0.1, -0.05) is 12.8 Å². The number of amides is 1. The highest BCUT2D eigenvalue weighted by atomic mass is 16.5. The summed E-state index contributed by atoms with van der Waals surface area (Å²) in [6, 6.07) is 0.362. The SMILES string of the molecule is COCC(=O)NC1CCCCC12CCNCC2. The third kappa shape index (κ3) is 2.99. The van der Waals surface area contributed by atoms with Crippen LogP contribution in [0.4, 0.5) is 0 Å². The Labute approximate surface area is 103 Å². The molecule has 1 amide bonds. The highest BCUT2D eigenvalue weighted by Crippen LogP contribution is 2.43. The van der Waals surface area contributed by atoms with Gasteiger partial charge in [0.05, 0.1) is 0 Å². The van der Waals surface area contributed by atoms with Gasteiger partial charge in [-0.05, 0) is 44.2 Å². The Kier molecular flexibility index (Phi) is 4.40. The zero-order valence-electron chi connectivity index (χ0n) is 10.8. The van der Waals surface area contributed by atoms with Crippen molar-refractivity contribution in [3.05, 3.63) is 0 Å². The van der Waals surface area contributed by atoms with Crippen LogP contribution in [0.3, 0.4) is 0 Å². The Morgan fingerprint density at radius 1 is 1.35 bits per heavy atom. The Bertz CT molecular complexity index is 254. The summed E-state index contributed by atoms with van der Waals surface area (Å²) in [5.41, 5.74) is 0.354. The van der Waals surface area contributed by atoms with Crippen molar-refractivity contribution in [1.29, 1.82) is 0 Å². The topological polar surface area (TPSA) is 50.4 Å². The van der Waals surface area contributed by atoms with Crippen molar-refractivity contribution in [2.75, 3.05) is 26.8 Å². The minimum Gasteiger partial charge on any atom is -0.375 e. The molecule has 1 heterocycles. The van der Waals surface area contributed by atoms with E-state index in [9.17, 15) is 4.79 Å². The van der Waals surface area contributed by atoms with Crippen LogP contribution in [0, 0.1) is 5.41 Å². The van der Waals surface area contributed by atoms with Gasteiger partial charge in [-0.3, -0.25) is 4.79 Å². The minimum absolute atomic E-state index is 0.0392. The van der Waals surface area contributed by atoms with Crippen molar-refractivity contribution in [2.45, 2.75) is 44.6 Å². The maximum atomic E-state index is 11.7. The maximum absolute atomic E-state index is 11.7. The van der Waals surface area contributed by atoms with Gasteiger partial charge in [0.2, 0.25) is 5.91 Å². The van der Waals surface area contributed by atoms with Crippen LogP contribution in [0.1, 0.15) is 38.5 Å². The van der Waals surface area contributed by atoms with E-state index < -0.39 is 0 Å². The third-order valence-electron chi connectivity index (χ3n) is 4.37. The van der Waals surface area contributed by atoms with Crippen LogP contribution in [0.15, 0.2) is 0 Å². The second kappa shape index (κ2) is 5.83. The van der Waals surface area contributed by atoms with Gasteiger partial charge in [0.15, 0.2) is 0 Å². The summed E-state index contributed by atoms with van der Waals surface area (Å²) < 4.78 is 4.90. The number of hydrogen-bond donors (Lipinski definition) is 2. The standard InChI is InChI=1S/C13H24N2O2/c1-17-10-12(16)15-11-4-2-3-5-13(11)6-8-14-9-7-13/h11,14H,2-10H2,1H3,(H,15,16). The molecule has 0 radical (unpaired) electrons. The number of ether oxygens (including phenoxy) is 1. The van der Waals surface area contributed by atoms with Crippen LogP contribution >= 0.6 is 0 Å². The van der Waals surface area contributed by atoms with Crippen molar-refractivity contribution in [2.24, 2.45) is 5.41 Å². The predicted octanol–water partition coefficient (Wildman–Crippen LogP) is 1.06. The molecule has 1 saturated heterocycles. The Morgan fingerprint density at radius 3 is 2.82 bits per heavy atom. The lowest BCUT2D eigenvalue weighted by molar-refractivity contribution is -0.127. The van der Waals surface area contributed by atoms with E-state index >= 15 is 0 Å². The van der Waals surface area contributed by atoms with Crippen molar-refractivity contribution < 1.29 is 9.53 Å². The first-order valence-electron chi connectivity index (χ1n) is 6.76. The fourth-order valence-electron chi connectivity index (χ4n) is 3.42. The molecule has 0 bridgehead atoms. The molecular formula is C13H24N2O2. The van der Waals surface area contributed by atoms with Gasteiger partial charge in [0, 0.05) is 13.2 Å². The lowest BCUT2D eigenvalue weighted by atomic mass is 9.65. The summed E-state index contributed by atoms with van der Waals surface area (Å²) in [6.45, 7) is 2.37. The number of methoxy groups -OCH3 is 1. The molecule has 1 atom stereocenters. The van der Waals surface area contributed by atoms with Crippen LogP contribution in [-0.2, 0) is 9.53 Å². The monoisotopic (exact) mass is 240 g/mol. The van der Waals surface area contributed by atoms with Gasteiger partial charge in [-0.15, -0.1) is 0 Å². The highest BCUT2D eigenvalue weighted by molar-refractivity contribution is 5.77. The van der Waals surface area contributed by atoms with Crippen LogP contribution in [0.2, 0.25) is 0 Å². The second-order valence-electron chi connectivity index (χ2n) is 5.41. The van der Waals surface area contributed by atoms with Crippen molar-refractivity contribution in [1.82, 2.24) is 10.6 Å². The molecule has 0 aromatic carbocycles. The van der Waals surface area contributed by atoms with E-state index in [1.54, 1.807) is 7.11 Å². The smallest absolute Gasteiger partial charge is 0.246 e. The van der Waals surface area contributed by atoms with E-state index in [4.69, 9.17) is 4.74 Å². The molecule has 1 saturated carbocycles. The molecule has 1 aliphatic carbocycles. The largest absolute Gasteiger partial charge is 0.375 e. The Hall–Kier alpha value is -0.610. The second-order valence-corrected chi connectivity index (χ2v) is 5.41. The number of nitrogens with one attached hydrogen (secondary N) is 2. The molecule has 98 valence electrons. The normalized spacial score (nSPS) is 27.9. The van der Waals surface area contributed by atoms with Gasteiger partial charge in [-0.2, -0.15) is 0 Å². The lowest BCUT2D eigenvalue weighted by Gasteiger charge is -2.47. The molecule has 2 N–H and O–H groups in total. The molecular weight excluding hydrogens is 216 g/mol. The minimum atomic E-state index is 0.0392. The first-order valence-corrected chi connectivity index (χ1v) is 6.76. The molecule has 1 spiro atoms. The van der Waals surface area contributed by atoms with Crippen molar-refractivity contribution in [3.63, 3.8) is 0 Å². The zero-order valence-corrected chi connectivity index (χ0v) is 10.8. The summed E-state index contributed by atoms with van der Waals surface area (Å²) >= 11 is 0. The van der Waals surface area contributed by atoms with Gasteiger partial charge in [-0.25, -0.2) is 0 Å². The molecule has 2 rings (SSSR count). The quantitative estimate of drug-likeness (QED) is 0.775. The average Bonchev–Trinajstić information content (AvgIpc) is 2.34. The van der Waals surface area contributed by atoms with Crippen LogP contribution < -0.4 is 10.6 Å². The molecule has 0 aromatic rings. The maximum Gasteiger partial charge on any atom is 0.246 e. The molecule has 17 heavy (non-hydrogen) atoms. The molecule has 2 fully saturated rings. The molecule has 1 unspecified atom stereocenters. The number of rotatable bonds is 3. The van der Waals surface area contributed by atoms with Gasteiger partial charge >= 0.3 is 0 Å². The van der Waals surface area contributed by atoms with E-state index in [-0.39, 0.29) is 12.5 Å². The van der Waals surface area contributed by atoms with E-state index in [0.717, 1.165) is 19.5 Å². The zero-order chi connectivity index (χ0) is 12.1. The van der Waals surface area contributed by atoms with E-state index in [0.29, 0.717) is 11.5 Å². The van der Waals surface area contributed by atoms with E-state index in [1.165, 1.54) is 32.1 Å². The summed E-state index contributed by atoms with van der Waals surface area (Å²) in [6.07, 6.45) is 7.36. The molecule has 4 heteroatoms. The highest BCUT2D eigenvalue weighted by Gasteiger charge is 2.41. The Morgan fingerprint density at radius 2 is 2.12 bits per heavy atom. The summed E-state index contributed by atoms with van der Waals surface area (Å²) in [5.74, 6) is 0.0392.